The molecular formula is C16H24N2O7. The Morgan fingerprint density at radius 2 is 1.44 bits per heavy atom. The largest absolute Gasteiger partial charge is 0.461 e. The minimum Gasteiger partial charge on any atom is -0.461 e. The van der Waals surface area contributed by atoms with Crippen LogP contribution in [-0.4, -0.2) is 72.2 Å². The van der Waals surface area contributed by atoms with Crippen LogP contribution in [0.15, 0.2) is 0 Å². The van der Waals surface area contributed by atoms with Crippen molar-refractivity contribution in [1.29, 1.82) is 0 Å². The summed E-state index contributed by atoms with van der Waals surface area (Å²) in [6, 6.07) is -1.13. The molecule has 0 bridgehead atoms. The van der Waals surface area contributed by atoms with E-state index in [1.54, 1.807) is 0 Å². The van der Waals surface area contributed by atoms with Gasteiger partial charge < -0.3 is 19.5 Å². The van der Waals surface area contributed by atoms with E-state index < -0.39 is 48.3 Å². The molecule has 2 rings (SSSR count). The maximum absolute atomic E-state index is 11.6. The van der Waals surface area contributed by atoms with Gasteiger partial charge in [-0.15, -0.1) is 0 Å². The fourth-order valence-electron chi connectivity index (χ4n) is 3.66. The molecule has 140 valence electrons. The number of nitrogens with one attached hydrogen (secondary N) is 1. The van der Waals surface area contributed by atoms with Crippen molar-refractivity contribution in [3.63, 3.8) is 0 Å². The first-order valence-electron chi connectivity index (χ1n) is 8.22. The molecule has 25 heavy (non-hydrogen) atoms. The molecule has 0 aromatic carbocycles. The Balaban J connectivity index is 2.34. The summed E-state index contributed by atoms with van der Waals surface area (Å²) in [4.78, 5) is 48.0. The minimum atomic E-state index is -0.800. The van der Waals surface area contributed by atoms with Gasteiger partial charge in [0.25, 0.3) is 0 Å². The van der Waals surface area contributed by atoms with Crippen LogP contribution in [0.4, 0.5) is 0 Å². The molecule has 0 radical (unpaired) electrons. The van der Waals surface area contributed by atoms with Crippen LogP contribution < -0.4 is 5.32 Å². The second kappa shape index (κ2) is 7.81. The number of ether oxygens (including phenoxy) is 3. The first-order valence-corrected chi connectivity index (χ1v) is 8.22. The molecule has 2 aliphatic heterocycles. The van der Waals surface area contributed by atoms with Crippen LogP contribution in [0.5, 0.6) is 0 Å². The summed E-state index contributed by atoms with van der Waals surface area (Å²) >= 11 is 0. The van der Waals surface area contributed by atoms with Gasteiger partial charge in [-0.25, -0.2) is 0 Å². The van der Waals surface area contributed by atoms with Crippen molar-refractivity contribution in [2.45, 2.75) is 64.5 Å². The SMILES string of the molecule is CC(=O)N[C@H]1[C@H](OC(C)=O)[C@H]2[C@@H](OC(C)=O)CCN2C[C@@H]1OC(C)=O. The second-order valence-electron chi connectivity index (χ2n) is 6.37. The summed E-state index contributed by atoms with van der Waals surface area (Å²) in [6.45, 7) is 6.15. The second-order valence-corrected chi connectivity index (χ2v) is 6.37. The molecule has 9 heteroatoms. The maximum Gasteiger partial charge on any atom is 0.303 e. The lowest BCUT2D eigenvalue weighted by molar-refractivity contribution is -0.176. The van der Waals surface area contributed by atoms with Crippen molar-refractivity contribution in [1.82, 2.24) is 10.2 Å². The quantitative estimate of drug-likeness (QED) is 0.524. The third-order valence-corrected chi connectivity index (χ3v) is 4.32. The van der Waals surface area contributed by atoms with Crippen molar-refractivity contribution in [2.24, 2.45) is 0 Å². The lowest BCUT2D eigenvalue weighted by atomic mass is 9.90. The summed E-state index contributed by atoms with van der Waals surface area (Å²) < 4.78 is 16.2. The van der Waals surface area contributed by atoms with Crippen molar-refractivity contribution >= 4 is 23.8 Å². The van der Waals surface area contributed by atoms with Crippen LogP contribution in [0, 0.1) is 0 Å². The Bertz CT molecular complexity index is 565. The summed E-state index contributed by atoms with van der Waals surface area (Å²) in [5.41, 5.74) is 0. The third kappa shape index (κ3) is 4.68. The number of rotatable bonds is 4. The number of fused-ring (bicyclic) bond motifs is 1. The van der Waals surface area contributed by atoms with E-state index in [4.69, 9.17) is 14.2 Å². The molecule has 0 aromatic heterocycles. The van der Waals surface area contributed by atoms with Gasteiger partial charge in [0.1, 0.15) is 24.4 Å². The average Bonchev–Trinajstić information content (AvgIpc) is 2.82. The maximum atomic E-state index is 11.6. The van der Waals surface area contributed by atoms with Gasteiger partial charge in [0.05, 0.1) is 6.04 Å². The van der Waals surface area contributed by atoms with E-state index in [2.05, 4.69) is 5.32 Å². The lowest BCUT2D eigenvalue weighted by Crippen LogP contribution is -2.68. The molecule has 9 nitrogen and oxygen atoms in total. The Hall–Kier alpha value is -2.16. The van der Waals surface area contributed by atoms with Gasteiger partial charge in [-0.1, -0.05) is 0 Å². The highest BCUT2D eigenvalue weighted by molar-refractivity contribution is 5.74. The van der Waals surface area contributed by atoms with Crippen LogP contribution in [0.2, 0.25) is 0 Å². The van der Waals surface area contributed by atoms with Gasteiger partial charge >= 0.3 is 17.9 Å². The standard InChI is InChI=1S/C16H24N2O7/c1-8(19)17-14-13(24-10(3)21)7-18-6-5-12(23-9(2)20)15(18)16(14)25-11(4)22/h12-16H,5-7H2,1-4H3,(H,17,19)/t12-,13-,14+,15+,16-/m0/s1. The van der Waals surface area contributed by atoms with Gasteiger partial charge in [0.15, 0.2) is 0 Å². The van der Waals surface area contributed by atoms with Crippen molar-refractivity contribution < 1.29 is 33.4 Å². The molecule has 0 spiro atoms. The van der Waals surface area contributed by atoms with Crippen molar-refractivity contribution in [2.75, 3.05) is 13.1 Å². The number of nitrogens with zero attached hydrogens (tertiary/aromatic N) is 1. The van der Waals surface area contributed by atoms with Gasteiger partial charge in [-0.2, -0.15) is 0 Å². The van der Waals surface area contributed by atoms with Crippen LogP contribution in [0.25, 0.3) is 0 Å². The zero-order chi connectivity index (χ0) is 18.7. The molecule has 0 saturated carbocycles. The molecule has 0 aliphatic carbocycles. The number of piperidine rings is 1. The predicted octanol–water partition coefficient (Wildman–Crippen LogP) is -0.626. The van der Waals surface area contributed by atoms with E-state index >= 15 is 0 Å². The number of hydrogen-bond acceptors (Lipinski definition) is 8. The van der Waals surface area contributed by atoms with Crippen LogP contribution >= 0.6 is 0 Å². The first-order chi connectivity index (χ1) is 11.7. The molecule has 1 N–H and O–H groups in total. The van der Waals surface area contributed by atoms with Crippen molar-refractivity contribution in [3.05, 3.63) is 0 Å². The molecule has 5 atom stereocenters. The number of carbonyl (C=O) groups excluding carboxylic acids is 4. The number of hydrogen-bond donors (Lipinski definition) is 1. The smallest absolute Gasteiger partial charge is 0.303 e. The molecule has 2 saturated heterocycles. The molecule has 2 heterocycles. The Morgan fingerprint density at radius 3 is 1.96 bits per heavy atom. The summed E-state index contributed by atoms with van der Waals surface area (Å²) in [7, 11) is 0. The Labute approximate surface area is 145 Å². The highest BCUT2D eigenvalue weighted by Gasteiger charge is 2.54. The predicted molar refractivity (Wildman–Crippen MR) is 84.2 cm³/mol. The van der Waals surface area contributed by atoms with E-state index in [-0.39, 0.29) is 5.91 Å². The molecule has 2 aliphatic rings. The fourth-order valence-corrected chi connectivity index (χ4v) is 3.66. The topological polar surface area (TPSA) is 111 Å². The number of esters is 3. The van der Waals surface area contributed by atoms with Gasteiger partial charge in [-0.05, 0) is 6.42 Å². The first kappa shape index (κ1) is 19.2. The average molecular weight is 356 g/mol. The van der Waals surface area contributed by atoms with E-state index in [1.165, 1.54) is 27.7 Å². The molecule has 1 amide bonds. The fraction of sp³-hybridized carbons (Fsp3) is 0.750. The van der Waals surface area contributed by atoms with Gasteiger partial charge in [-0.3, -0.25) is 24.1 Å². The van der Waals surface area contributed by atoms with E-state index in [0.29, 0.717) is 19.5 Å². The summed E-state index contributed by atoms with van der Waals surface area (Å²) in [5, 5.41) is 2.72. The Kier molecular flexibility index (Phi) is 5.99. The number of amides is 1. The van der Waals surface area contributed by atoms with Crippen LogP contribution in [-0.2, 0) is 33.4 Å². The highest BCUT2D eigenvalue weighted by Crippen LogP contribution is 2.33. The summed E-state index contributed by atoms with van der Waals surface area (Å²) in [5.74, 6) is -1.78. The molecule has 2 fully saturated rings. The molecular weight excluding hydrogens is 332 g/mol. The van der Waals surface area contributed by atoms with Gasteiger partial charge in [0.2, 0.25) is 5.91 Å². The van der Waals surface area contributed by atoms with Crippen LogP contribution in [0.3, 0.4) is 0 Å². The van der Waals surface area contributed by atoms with Crippen LogP contribution in [0.1, 0.15) is 34.1 Å². The highest BCUT2D eigenvalue weighted by atomic mass is 16.6. The monoisotopic (exact) mass is 356 g/mol. The van der Waals surface area contributed by atoms with E-state index in [1.807, 2.05) is 4.90 Å². The number of carbonyl (C=O) groups is 4. The normalized spacial score (nSPS) is 31.6. The Morgan fingerprint density at radius 1 is 0.880 bits per heavy atom. The zero-order valence-electron chi connectivity index (χ0n) is 14.8. The van der Waals surface area contributed by atoms with E-state index in [0.717, 1.165) is 0 Å². The minimum absolute atomic E-state index is 0.338. The van der Waals surface area contributed by atoms with Gasteiger partial charge in [0, 0.05) is 40.8 Å². The van der Waals surface area contributed by atoms with Crippen molar-refractivity contribution in [3.8, 4) is 0 Å². The lowest BCUT2D eigenvalue weighted by Gasteiger charge is -2.46. The molecule has 0 unspecified atom stereocenters. The zero-order valence-corrected chi connectivity index (χ0v) is 14.8. The van der Waals surface area contributed by atoms with E-state index in [9.17, 15) is 19.2 Å². The molecule has 0 aromatic rings. The third-order valence-electron chi connectivity index (χ3n) is 4.32. The summed E-state index contributed by atoms with van der Waals surface area (Å²) in [6.07, 6.45) is -1.36.